The molecule has 3 amide bonds. The Hall–Kier alpha value is -5.11. The normalized spacial score (nSPS) is 11.6. The van der Waals surface area contributed by atoms with Crippen molar-refractivity contribution in [3.05, 3.63) is 108 Å². The minimum absolute atomic E-state index is 0. The lowest BCUT2D eigenvalue weighted by molar-refractivity contribution is -0.132. The first kappa shape index (κ1) is 43.9. The third-order valence-corrected chi connectivity index (χ3v) is 7.15. The van der Waals surface area contributed by atoms with Crippen LogP contribution in [-0.4, -0.2) is 67.5 Å². The van der Waals surface area contributed by atoms with Crippen LogP contribution in [0.1, 0.15) is 72.2 Å². The lowest BCUT2D eigenvalue weighted by Crippen LogP contribution is -2.43. The van der Waals surface area contributed by atoms with Crippen molar-refractivity contribution in [1.29, 1.82) is 0 Å². The van der Waals surface area contributed by atoms with Crippen molar-refractivity contribution < 1.29 is 46.3 Å². The third kappa shape index (κ3) is 17.4. The Balaban J connectivity index is 0.000000541. The van der Waals surface area contributed by atoms with Crippen molar-refractivity contribution in [3.63, 3.8) is 0 Å². The predicted molar refractivity (Wildman–Crippen MR) is 186 cm³/mol. The molecule has 0 aliphatic heterocycles. The van der Waals surface area contributed by atoms with Crippen LogP contribution in [0.3, 0.4) is 0 Å². The van der Waals surface area contributed by atoms with Gasteiger partial charge in [-0.15, -0.1) is 0 Å². The summed E-state index contributed by atoms with van der Waals surface area (Å²) in [4.78, 5) is 58.9. The molecular weight excluding hydrogens is 672 g/mol. The molecule has 278 valence electrons. The van der Waals surface area contributed by atoms with Gasteiger partial charge in [0, 0.05) is 17.7 Å². The van der Waals surface area contributed by atoms with Gasteiger partial charge in [0.15, 0.2) is 0 Å². The summed E-state index contributed by atoms with van der Waals surface area (Å²) in [5, 5.41) is 7.30. The van der Waals surface area contributed by atoms with Crippen LogP contribution in [0.4, 0.5) is 22.4 Å². The Labute approximate surface area is 295 Å². The standard InChI is InChI=1S/C22H24F2N2O4.C14H18F2N2O2.CH4/c23-20(24)19(27)18(26-21(28)17-11-5-2-6-12-17)13-7-8-14-25-22(29)30-15-16-9-3-1-4-10-16;15-13(16)12(19)11(8-4-5-9-17)18-14(20)10-6-2-1-3-7-10;/h1-6,9-12,18,20H,7-8,13-15H2,(H,25,29)(H,26,28);1-3,6-7,11,13H,4-5,8-9,17H2,(H,18,20);1H4. The fraction of sp³-hybridized carbons (Fsp3) is 0.378. The first-order valence-corrected chi connectivity index (χ1v) is 16.0. The van der Waals surface area contributed by atoms with E-state index in [2.05, 4.69) is 16.0 Å². The lowest BCUT2D eigenvalue weighted by atomic mass is 10.0. The monoisotopic (exact) mass is 718 g/mol. The first-order chi connectivity index (χ1) is 24.0. The van der Waals surface area contributed by atoms with E-state index in [0.29, 0.717) is 37.8 Å². The van der Waals surface area contributed by atoms with Gasteiger partial charge in [0.1, 0.15) is 6.61 Å². The number of carbonyl (C=O) groups is 5. The van der Waals surface area contributed by atoms with Crippen LogP contribution in [0.5, 0.6) is 0 Å². The number of benzene rings is 3. The van der Waals surface area contributed by atoms with Gasteiger partial charge in [0.25, 0.3) is 24.7 Å². The minimum atomic E-state index is -3.17. The van der Waals surface area contributed by atoms with Gasteiger partial charge in [-0.3, -0.25) is 19.2 Å². The Morgan fingerprint density at radius 2 is 1.02 bits per heavy atom. The number of alkyl halides is 4. The number of nitrogens with two attached hydrogens (primary N) is 1. The van der Waals surface area contributed by atoms with Gasteiger partial charge in [-0.05, 0) is 74.9 Å². The number of rotatable bonds is 19. The zero-order chi connectivity index (χ0) is 36.7. The van der Waals surface area contributed by atoms with Crippen LogP contribution >= 0.6 is 0 Å². The van der Waals surface area contributed by atoms with E-state index >= 15 is 0 Å². The number of unbranched alkanes of at least 4 members (excludes halogenated alkanes) is 2. The molecule has 14 heteroatoms. The summed E-state index contributed by atoms with van der Waals surface area (Å²) in [6.45, 7) is 0.821. The molecule has 2 atom stereocenters. The van der Waals surface area contributed by atoms with Crippen LogP contribution in [0.2, 0.25) is 0 Å². The molecule has 0 aliphatic carbocycles. The molecule has 0 saturated carbocycles. The number of carbonyl (C=O) groups excluding carboxylic acids is 5. The molecule has 0 radical (unpaired) electrons. The van der Waals surface area contributed by atoms with Crippen LogP contribution in [0.15, 0.2) is 91.0 Å². The lowest BCUT2D eigenvalue weighted by Gasteiger charge is -2.17. The van der Waals surface area contributed by atoms with E-state index < -0.39 is 54.4 Å². The number of hydrogen-bond donors (Lipinski definition) is 4. The largest absolute Gasteiger partial charge is 0.445 e. The molecule has 3 aromatic carbocycles. The summed E-state index contributed by atoms with van der Waals surface area (Å²) >= 11 is 0. The Morgan fingerprint density at radius 1 is 0.608 bits per heavy atom. The molecule has 0 bridgehead atoms. The summed E-state index contributed by atoms with van der Waals surface area (Å²) in [7, 11) is 0. The maximum Gasteiger partial charge on any atom is 0.407 e. The molecule has 0 aromatic heterocycles. The Morgan fingerprint density at radius 3 is 1.43 bits per heavy atom. The summed E-state index contributed by atoms with van der Waals surface area (Å²) in [5.74, 6) is -3.70. The second-order valence-corrected chi connectivity index (χ2v) is 11.0. The molecule has 51 heavy (non-hydrogen) atoms. The molecule has 0 aliphatic rings. The van der Waals surface area contributed by atoms with E-state index in [1.807, 2.05) is 30.3 Å². The highest BCUT2D eigenvalue weighted by Gasteiger charge is 2.29. The zero-order valence-corrected chi connectivity index (χ0v) is 27.4. The molecule has 0 heterocycles. The van der Waals surface area contributed by atoms with E-state index in [0.717, 1.165) is 5.56 Å². The number of ether oxygens (including phenoxy) is 1. The summed E-state index contributed by atoms with van der Waals surface area (Å²) in [6, 6.07) is 23.0. The highest BCUT2D eigenvalue weighted by atomic mass is 19.3. The van der Waals surface area contributed by atoms with Crippen molar-refractivity contribution in [2.45, 2.75) is 77.5 Å². The van der Waals surface area contributed by atoms with Crippen LogP contribution in [0.25, 0.3) is 0 Å². The molecule has 10 nitrogen and oxygen atoms in total. The predicted octanol–water partition coefficient (Wildman–Crippen LogP) is 6.10. The van der Waals surface area contributed by atoms with E-state index in [1.54, 1.807) is 48.5 Å². The van der Waals surface area contributed by atoms with E-state index in [-0.39, 0.29) is 39.0 Å². The molecular formula is C37H46F4N4O6. The van der Waals surface area contributed by atoms with Crippen molar-refractivity contribution in [3.8, 4) is 0 Å². The molecule has 3 rings (SSSR count). The van der Waals surface area contributed by atoms with E-state index in [4.69, 9.17) is 10.5 Å². The van der Waals surface area contributed by atoms with Crippen LogP contribution in [0, 0.1) is 0 Å². The number of alkyl carbamates (subject to hydrolysis) is 1. The number of halogens is 4. The van der Waals surface area contributed by atoms with Crippen molar-refractivity contribution >= 4 is 29.5 Å². The van der Waals surface area contributed by atoms with E-state index in [1.165, 1.54) is 12.1 Å². The Bertz CT molecular complexity index is 1470. The maximum absolute atomic E-state index is 12.9. The minimum Gasteiger partial charge on any atom is -0.445 e. The number of amides is 3. The van der Waals surface area contributed by atoms with Gasteiger partial charge in [-0.25, -0.2) is 22.4 Å². The van der Waals surface area contributed by atoms with Crippen molar-refractivity contribution in [1.82, 2.24) is 16.0 Å². The average Bonchev–Trinajstić information content (AvgIpc) is 3.13. The number of ketones is 2. The van der Waals surface area contributed by atoms with Crippen LogP contribution in [-0.2, 0) is 20.9 Å². The number of Topliss-reactive ketones (excluding diaryl/α,β-unsaturated/α-hetero) is 2. The summed E-state index contributed by atoms with van der Waals surface area (Å²) in [5.41, 5.74) is 6.80. The maximum atomic E-state index is 12.9. The molecule has 0 saturated heterocycles. The molecule has 3 aromatic rings. The highest BCUT2D eigenvalue weighted by molar-refractivity contribution is 5.99. The van der Waals surface area contributed by atoms with Crippen molar-refractivity contribution in [2.75, 3.05) is 13.1 Å². The fourth-order valence-electron chi connectivity index (χ4n) is 4.47. The van der Waals surface area contributed by atoms with Gasteiger partial charge >= 0.3 is 6.09 Å². The average molecular weight is 719 g/mol. The molecule has 5 N–H and O–H groups in total. The van der Waals surface area contributed by atoms with E-state index in [9.17, 15) is 41.5 Å². The smallest absolute Gasteiger partial charge is 0.407 e. The van der Waals surface area contributed by atoms with Crippen molar-refractivity contribution in [2.24, 2.45) is 5.73 Å². The first-order valence-electron chi connectivity index (χ1n) is 16.0. The third-order valence-electron chi connectivity index (χ3n) is 7.15. The SMILES string of the molecule is C.NCCCCC(NC(=O)c1ccccc1)C(=O)C(F)F.O=C(NCCCCC(NC(=O)c1ccccc1)C(=O)C(F)F)OCc1ccccc1. The van der Waals surface area contributed by atoms with Gasteiger partial charge in [0.05, 0.1) is 12.1 Å². The van der Waals surface area contributed by atoms with Crippen LogP contribution < -0.4 is 21.7 Å². The second kappa shape index (κ2) is 24.9. The van der Waals surface area contributed by atoms with Gasteiger partial charge in [-0.1, -0.05) is 74.2 Å². The molecule has 2 unspecified atom stereocenters. The fourth-order valence-corrected chi connectivity index (χ4v) is 4.47. The second-order valence-electron chi connectivity index (χ2n) is 11.0. The topological polar surface area (TPSA) is 157 Å². The molecule has 0 spiro atoms. The summed E-state index contributed by atoms with van der Waals surface area (Å²) < 4.78 is 55.8. The highest BCUT2D eigenvalue weighted by Crippen LogP contribution is 2.11. The number of hydrogen-bond acceptors (Lipinski definition) is 7. The zero-order valence-electron chi connectivity index (χ0n) is 27.4. The number of nitrogens with one attached hydrogen (secondary N) is 3. The van der Waals surface area contributed by atoms with Gasteiger partial charge in [-0.2, -0.15) is 0 Å². The summed E-state index contributed by atoms with van der Waals surface area (Å²) in [6.07, 6.45) is -4.71. The van der Waals surface area contributed by atoms with Gasteiger partial charge < -0.3 is 26.4 Å². The molecule has 0 fully saturated rings. The Kier molecular flexibility index (Phi) is 21.5. The van der Waals surface area contributed by atoms with Gasteiger partial charge in [0.2, 0.25) is 11.6 Å². The quantitative estimate of drug-likeness (QED) is 0.0862.